The Kier molecular flexibility index (Phi) is 5.67. The highest BCUT2D eigenvalue weighted by Gasteiger charge is 2.07. The molecule has 0 radical (unpaired) electrons. The SMILES string of the molecule is Cc1ccc(OCCCN2CCCNCC2)c(C)c1. The second-order valence-electron chi connectivity index (χ2n) is 5.42. The molecule has 19 heavy (non-hydrogen) atoms. The number of nitrogens with zero attached hydrogens (tertiary/aromatic N) is 1. The Morgan fingerprint density at radius 2 is 2.11 bits per heavy atom. The van der Waals surface area contributed by atoms with Crippen molar-refractivity contribution < 1.29 is 4.74 Å². The molecule has 106 valence electrons. The second-order valence-corrected chi connectivity index (χ2v) is 5.42. The maximum Gasteiger partial charge on any atom is 0.122 e. The first-order chi connectivity index (χ1) is 9.25. The van der Waals surface area contributed by atoms with Crippen molar-refractivity contribution in [3.63, 3.8) is 0 Å². The number of benzene rings is 1. The van der Waals surface area contributed by atoms with Crippen molar-refractivity contribution in [2.24, 2.45) is 0 Å². The highest BCUT2D eigenvalue weighted by Crippen LogP contribution is 2.18. The minimum Gasteiger partial charge on any atom is -0.493 e. The molecule has 0 atom stereocenters. The van der Waals surface area contributed by atoms with Crippen LogP contribution in [-0.4, -0.2) is 44.2 Å². The van der Waals surface area contributed by atoms with Gasteiger partial charge in [0, 0.05) is 19.6 Å². The molecule has 0 aliphatic carbocycles. The monoisotopic (exact) mass is 262 g/mol. The summed E-state index contributed by atoms with van der Waals surface area (Å²) >= 11 is 0. The number of hydrogen-bond acceptors (Lipinski definition) is 3. The van der Waals surface area contributed by atoms with Crippen LogP contribution in [0.3, 0.4) is 0 Å². The molecule has 1 aliphatic rings. The minimum atomic E-state index is 0.813. The van der Waals surface area contributed by atoms with Crippen molar-refractivity contribution in [3.8, 4) is 5.75 Å². The van der Waals surface area contributed by atoms with E-state index >= 15 is 0 Å². The Bertz CT molecular complexity index is 384. The molecule has 1 aromatic carbocycles. The van der Waals surface area contributed by atoms with E-state index in [1.807, 2.05) is 0 Å². The highest BCUT2D eigenvalue weighted by molar-refractivity contribution is 5.35. The fraction of sp³-hybridized carbons (Fsp3) is 0.625. The highest BCUT2D eigenvalue weighted by atomic mass is 16.5. The molecular weight excluding hydrogens is 236 g/mol. The summed E-state index contributed by atoms with van der Waals surface area (Å²) in [6, 6.07) is 6.37. The standard InChI is InChI=1S/C16H26N2O/c1-14-5-6-16(15(2)13-14)19-12-4-10-18-9-3-7-17-8-11-18/h5-6,13,17H,3-4,7-12H2,1-2H3. The van der Waals surface area contributed by atoms with Crippen LogP contribution in [0.15, 0.2) is 18.2 Å². The summed E-state index contributed by atoms with van der Waals surface area (Å²) in [4.78, 5) is 2.53. The van der Waals surface area contributed by atoms with Crippen molar-refractivity contribution in [3.05, 3.63) is 29.3 Å². The van der Waals surface area contributed by atoms with Crippen LogP contribution in [0.25, 0.3) is 0 Å². The van der Waals surface area contributed by atoms with E-state index in [2.05, 4.69) is 42.3 Å². The lowest BCUT2D eigenvalue weighted by Gasteiger charge is -2.19. The molecule has 1 fully saturated rings. The van der Waals surface area contributed by atoms with E-state index in [0.717, 1.165) is 38.4 Å². The first-order valence-electron chi connectivity index (χ1n) is 7.39. The Morgan fingerprint density at radius 3 is 2.95 bits per heavy atom. The van der Waals surface area contributed by atoms with Crippen molar-refractivity contribution >= 4 is 0 Å². The van der Waals surface area contributed by atoms with Crippen LogP contribution in [0.4, 0.5) is 0 Å². The largest absolute Gasteiger partial charge is 0.493 e. The summed E-state index contributed by atoms with van der Waals surface area (Å²) < 4.78 is 5.87. The molecule has 0 bridgehead atoms. The van der Waals surface area contributed by atoms with Gasteiger partial charge in [0.05, 0.1) is 6.61 Å². The van der Waals surface area contributed by atoms with Crippen LogP contribution >= 0.6 is 0 Å². The topological polar surface area (TPSA) is 24.5 Å². The van der Waals surface area contributed by atoms with Gasteiger partial charge in [-0.25, -0.2) is 0 Å². The lowest BCUT2D eigenvalue weighted by Crippen LogP contribution is -2.29. The van der Waals surface area contributed by atoms with Gasteiger partial charge in [-0.1, -0.05) is 17.7 Å². The van der Waals surface area contributed by atoms with E-state index in [-0.39, 0.29) is 0 Å². The van der Waals surface area contributed by atoms with Gasteiger partial charge in [0.2, 0.25) is 0 Å². The third-order valence-electron chi connectivity index (χ3n) is 3.64. The van der Waals surface area contributed by atoms with Crippen molar-refractivity contribution in [2.45, 2.75) is 26.7 Å². The number of hydrogen-bond donors (Lipinski definition) is 1. The molecule has 1 heterocycles. The average molecular weight is 262 g/mol. The van der Waals surface area contributed by atoms with Gasteiger partial charge in [0.25, 0.3) is 0 Å². The minimum absolute atomic E-state index is 0.813. The molecule has 0 aromatic heterocycles. The van der Waals surface area contributed by atoms with Gasteiger partial charge in [-0.3, -0.25) is 0 Å². The van der Waals surface area contributed by atoms with E-state index in [0.29, 0.717) is 0 Å². The maximum atomic E-state index is 5.87. The van der Waals surface area contributed by atoms with Crippen molar-refractivity contribution in [1.82, 2.24) is 10.2 Å². The zero-order chi connectivity index (χ0) is 13.5. The first-order valence-corrected chi connectivity index (χ1v) is 7.39. The van der Waals surface area contributed by atoms with Gasteiger partial charge in [0.1, 0.15) is 5.75 Å². The normalized spacial score (nSPS) is 17.2. The van der Waals surface area contributed by atoms with E-state index in [1.54, 1.807) is 0 Å². The van der Waals surface area contributed by atoms with E-state index < -0.39 is 0 Å². The molecular formula is C16H26N2O. The Hall–Kier alpha value is -1.06. The Balaban J connectivity index is 1.68. The molecule has 3 nitrogen and oxygen atoms in total. The molecule has 0 saturated carbocycles. The molecule has 2 rings (SSSR count). The smallest absolute Gasteiger partial charge is 0.122 e. The number of rotatable bonds is 5. The summed E-state index contributed by atoms with van der Waals surface area (Å²) in [5.41, 5.74) is 2.53. The molecule has 1 N–H and O–H groups in total. The van der Waals surface area contributed by atoms with Crippen LogP contribution in [0.1, 0.15) is 24.0 Å². The third kappa shape index (κ3) is 4.84. The Morgan fingerprint density at radius 1 is 1.21 bits per heavy atom. The first kappa shape index (κ1) is 14.4. The molecule has 1 saturated heterocycles. The molecule has 1 aromatic rings. The second kappa shape index (κ2) is 7.51. The summed E-state index contributed by atoms with van der Waals surface area (Å²) in [7, 11) is 0. The molecule has 0 spiro atoms. The quantitative estimate of drug-likeness (QED) is 0.825. The van der Waals surface area contributed by atoms with E-state index in [4.69, 9.17) is 4.74 Å². The van der Waals surface area contributed by atoms with Crippen molar-refractivity contribution in [1.29, 1.82) is 0 Å². The summed E-state index contributed by atoms with van der Waals surface area (Å²) in [5, 5.41) is 3.43. The maximum absolute atomic E-state index is 5.87. The van der Waals surface area contributed by atoms with Crippen LogP contribution in [0.2, 0.25) is 0 Å². The molecule has 3 heteroatoms. The average Bonchev–Trinajstić information content (AvgIpc) is 2.65. The molecule has 0 unspecified atom stereocenters. The summed E-state index contributed by atoms with van der Waals surface area (Å²) in [6.07, 6.45) is 2.37. The summed E-state index contributed by atoms with van der Waals surface area (Å²) in [5.74, 6) is 1.03. The van der Waals surface area contributed by atoms with Gasteiger partial charge in [-0.15, -0.1) is 0 Å². The van der Waals surface area contributed by atoms with Gasteiger partial charge in [0.15, 0.2) is 0 Å². The Labute approximate surface area is 116 Å². The molecule has 0 amide bonds. The lowest BCUT2D eigenvalue weighted by molar-refractivity contribution is 0.243. The van der Waals surface area contributed by atoms with E-state index in [1.165, 1.54) is 30.6 Å². The van der Waals surface area contributed by atoms with Crippen LogP contribution in [-0.2, 0) is 0 Å². The van der Waals surface area contributed by atoms with Gasteiger partial charge >= 0.3 is 0 Å². The van der Waals surface area contributed by atoms with Crippen molar-refractivity contribution in [2.75, 3.05) is 39.3 Å². The van der Waals surface area contributed by atoms with Crippen LogP contribution in [0, 0.1) is 13.8 Å². The van der Waals surface area contributed by atoms with Crippen LogP contribution in [0.5, 0.6) is 5.75 Å². The fourth-order valence-electron chi connectivity index (χ4n) is 2.56. The molecule has 1 aliphatic heterocycles. The number of nitrogens with one attached hydrogen (secondary N) is 1. The fourth-order valence-corrected chi connectivity index (χ4v) is 2.56. The number of aryl methyl sites for hydroxylation is 2. The predicted octanol–water partition coefficient (Wildman–Crippen LogP) is 2.37. The zero-order valence-electron chi connectivity index (χ0n) is 12.2. The van der Waals surface area contributed by atoms with E-state index in [9.17, 15) is 0 Å². The van der Waals surface area contributed by atoms with Crippen LogP contribution < -0.4 is 10.1 Å². The van der Waals surface area contributed by atoms with Gasteiger partial charge in [-0.2, -0.15) is 0 Å². The van der Waals surface area contributed by atoms with Gasteiger partial charge in [-0.05, 0) is 51.4 Å². The number of ether oxygens (including phenoxy) is 1. The summed E-state index contributed by atoms with van der Waals surface area (Å²) in [6.45, 7) is 10.9. The zero-order valence-corrected chi connectivity index (χ0v) is 12.2. The lowest BCUT2D eigenvalue weighted by atomic mass is 10.1. The predicted molar refractivity (Wildman–Crippen MR) is 80.0 cm³/mol. The third-order valence-corrected chi connectivity index (χ3v) is 3.64. The van der Waals surface area contributed by atoms with Gasteiger partial charge < -0.3 is 15.0 Å².